The molecule has 0 aliphatic carbocycles. The Balaban J connectivity index is 1.67. The molecule has 2 aliphatic rings. The lowest BCUT2D eigenvalue weighted by atomic mass is 10.1. The third-order valence-corrected chi connectivity index (χ3v) is 3.76. The zero-order chi connectivity index (χ0) is 12.4. The lowest BCUT2D eigenvalue weighted by molar-refractivity contribution is -0.0456. The Labute approximate surface area is 106 Å². The molecule has 0 aromatic heterocycles. The predicted octanol–water partition coefficient (Wildman–Crippen LogP) is 1.99. The molecule has 2 heterocycles. The minimum absolute atomic E-state index is 0.0555. The SMILES string of the molecule is Fc1ccc(C2CN(C3CCOC3)CCO2)cc1. The maximum Gasteiger partial charge on any atom is 0.123 e. The number of hydrogen-bond donors (Lipinski definition) is 0. The van der Waals surface area contributed by atoms with Gasteiger partial charge in [0.25, 0.3) is 0 Å². The topological polar surface area (TPSA) is 21.7 Å². The van der Waals surface area contributed by atoms with Gasteiger partial charge in [-0.25, -0.2) is 4.39 Å². The van der Waals surface area contributed by atoms with Crippen LogP contribution < -0.4 is 0 Å². The van der Waals surface area contributed by atoms with Crippen LogP contribution >= 0.6 is 0 Å². The number of nitrogens with zero attached hydrogens (tertiary/aromatic N) is 1. The molecule has 2 atom stereocenters. The van der Waals surface area contributed by atoms with Gasteiger partial charge in [-0.15, -0.1) is 0 Å². The van der Waals surface area contributed by atoms with Crippen LogP contribution in [0.4, 0.5) is 4.39 Å². The van der Waals surface area contributed by atoms with Crippen molar-refractivity contribution in [3.8, 4) is 0 Å². The highest BCUT2D eigenvalue weighted by atomic mass is 19.1. The number of benzene rings is 1. The van der Waals surface area contributed by atoms with E-state index in [2.05, 4.69) is 4.90 Å². The minimum Gasteiger partial charge on any atom is -0.380 e. The molecular weight excluding hydrogens is 233 g/mol. The second-order valence-electron chi connectivity index (χ2n) is 4.92. The van der Waals surface area contributed by atoms with E-state index in [1.54, 1.807) is 0 Å². The molecule has 0 radical (unpaired) electrons. The van der Waals surface area contributed by atoms with Crippen molar-refractivity contribution in [1.82, 2.24) is 4.90 Å². The summed E-state index contributed by atoms with van der Waals surface area (Å²) in [4.78, 5) is 2.44. The van der Waals surface area contributed by atoms with Crippen LogP contribution in [0.25, 0.3) is 0 Å². The van der Waals surface area contributed by atoms with Gasteiger partial charge in [0.05, 0.1) is 19.3 Å². The first-order valence-corrected chi connectivity index (χ1v) is 6.52. The number of hydrogen-bond acceptors (Lipinski definition) is 3. The van der Waals surface area contributed by atoms with Gasteiger partial charge in [0, 0.05) is 25.7 Å². The standard InChI is InChI=1S/C14H18FNO2/c15-12-3-1-11(2-4-12)14-9-16(6-8-18-14)13-5-7-17-10-13/h1-4,13-14H,5-10H2. The first-order chi connectivity index (χ1) is 8.83. The van der Waals surface area contributed by atoms with E-state index in [1.807, 2.05) is 12.1 Å². The third kappa shape index (κ3) is 2.55. The van der Waals surface area contributed by atoms with Gasteiger partial charge in [-0.2, -0.15) is 0 Å². The summed E-state index contributed by atoms with van der Waals surface area (Å²) < 4.78 is 24.1. The second kappa shape index (κ2) is 5.34. The summed E-state index contributed by atoms with van der Waals surface area (Å²) in [5, 5.41) is 0. The average Bonchev–Trinajstić information content (AvgIpc) is 2.94. The fourth-order valence-corrected chi connectivity index (χ4v) is 2.69. The van der Waals surface area contributed by atoms with Gasteiger partial charge in [-0.05, 0) is 24.1 Å². The Morgan fingerprint density at radius 1 is 1.17 bits per heavy atom. The maximum atomic E-state index is 12.9. The van der Waals surface area contributed by atoms with Crippen LogP contribution in [0.3, 0.4) is 0 Å². The Hall–Kier alpha value is -0.970. The molecule has 0 N–H and O–H groups in total. The number of morpholine rings is 1. The highest BCUT2D eigenvalue weighted by Gasteiger charge is 2.29. The molecule has 0 amide bonds. The summed E-state index contributed by atoms with van der Waals surface area (Å²) in [6.45, 7) is 4.27. The maximum absolute atomic E-state index is 12.9. The van der Waals surface area contributed by atoms with Crippen LogP contribution in [0.15, 0.2) is 24.3 Å². The number of halogens is 1. The Bertz CT molecular complexity index is 389. The van der Waals surface area contributed by atoms with Crippen molar-refractivity contribution in [2.24, 2.45) is 0 Å². The van der Waals surface area contributed by atoms with Crippen molar-refractivity contribution >= 4 is 0 Å². The summed E-state index contributed by atoms with van der Waals surface area (Å²) >= 11 is 0. The third-order valence-electron chi connectivity index (χ3n) is 3.76. The highest BCUT2D eigenvalue weighted by molar-refractivity contribution is 5.19. The molecule has 2 fully saturated rings. The first kappa shape index (κ1) is 12.1. The van der Waals surface area contributed by atoms with Crippen LogP contribution in [0.5, 0.6) is 0 Å². The lowest BCUT2D eigenvalue weighted by Crippen LogP contribution is -2.45. The molecule has 2 aliphatic heterocycles. The summed E-state index contributed by atoms with van der Waals surface area (Å²) in [5.41, 5.74) is 1.06. The fraction of sp³-hybridized carbons (Fsp3) is 0.571. The van der Waals surface area contributed by atoms with Crippen LogP contribution in [0.1, 0.15) is 18.1 Å². The summed E-state index contributed by atoms with van der Waals surface area (Å²) in [5.74, 6) is -0.199. The summed E-state index contributed by atoms with van der Waals surface area (Å²) in [6, 6.07) is 7.15. The van der Waals surface area contributed by atoms with Crippen molar-refractivity contribution in [3.05, 3.63) is 35.6 Å². The summed E-state index contributed by atoms with van der Waals surface area (Å²) in [7, 11) is 0. The van der Waals surface area contributed by atoms with Crippen molar-refractivity contribution in [2.45, 2.75) is 18.6 Å². The molecule has 18 heavy (non-hydrogen) atoms. The number of ether oxygens (including phenoxy) is 2. The van der Waals surface area contributed by atoms with Gasteiger partial charge in [0.2, 0.25) is 0 Å². The zero-order valence-electron chi connectivity index (χ0n) is 10.3. The Morgan fingerprint density at radius 3 is 2.72 bits per heavy atom. The van der Waals surface area contributed by atoms with E-state index >= 15 is 0 Å². The highest BCUT2D eigenvalue weighted by Crippen LogP contribution is 2.25. The normalized spacial score (nSPS) is 29.6. The van der Waals surface area contributed by atoms with Gasteiger partial charge in [0.1, 0.15) is 5.82 Å². The molecule has 3 rings (SSSR count). The Morgan fingerprint density at radius 2 is 2.00 bits per heavy atom. The van der Waals surface area contributed by atoms with Crippen molar-refractivity contribution in [3.63, 3.8) is 0 Å². The molecule has 4 heteroatoms. The molecule has 0 spiro atoms. The Kier molecular flexibility index (Phi) is 3.59. The smallest absolute Gasteiger partial charge is 0.123 e. The van der Waals surface area contributed by atoms with E-state index in [9.17, 15) is 4.39 Å². The molecule has 1 aromatic carbocycles. The van der Waals surface area contributed by atoms with Crippen LogP contribution in [-0.2, 0) is 9.47 Å². The van der Waals surface area contributed by atoms with E-state index in [-0.39, 0.29) is 11.9 Å². The van der Waals surface area contributed by atoms with Gasteiger partial charge in [0.15, 0.2) is 0 Å². The van der Waals surface area contributed by atoms with E-state index < -0.39 is 0 Å². The second-order valence-corrected chi connectivity index (χ2v) is 4.92. The van der Waals surface area contributed by atoms with Crippen LogP contribution in [-0.4, -0.2) is 43.9 Å². The largest absolute Gasteiger partial charge is 0.380 e. The monoisotopic (exact) mass is 251 g/mol. The predicted molar refractivity (Wildman–Crippen MR) is 65.9 cm³/mol. The molecule has 3 nitrogen and oxygen atoms in total. The molecule has 2 unspecified atom stereocenters. The van der Waals surface area contributed by atoms with E-state index in [4.69, 9.17) is 9.47 Å². The molecule has 1 aromatic rings. The molecule has 0 bridgehead atoms. The van der Waals surface area contributed by atoms with E-state index in [1.165, 1.54) is 12.1 Å². The van der Waals surface area contributed by atoms with Crippen LogP contribution in [0, 0.1) is 5.82 Å². The quantitative estimate of drug-likeness (QED) is 0.802. The molecule has 0 saturated carbocycles. The molecular formula is C14H18FNO2. The average molecular weight is 251 g/mol. The lowest BCUT2D eigenvalue weighted by Gasteiger charge is -2.36. The van der Waals surface area contributed by atoms with Gasteiger partial charge in [-0.3, -0.25) is 4.90 Å². The molecule has 2 saturated heterocycles. The van der Waals surface area contributed by atoms with Crippen molar-refractivity contribution in [1.29, 1.82) is 0 Å². The minimum atomic E-state index is -0.199. The fourth-order valence-electron chi connectivity index (χ4n) is 2.69. The van der Waals surface area contributed by atoms with Gasteiger partial charge >= 0.3 is 0 Å². The van der Waals surface area contributed by atoms with Gasteiger partial charge < -0.3 is 9.47 Å². The first-order valence-electron chi connectivity index (χ1n) is 6.52. The van der Waals surface area contributed by atoms with E-state index in [0.29, 0.717) is 6.04 Å². The van der Waals surface area contributed by atoms with Crippen molar-refractivity contribution in [2.75, 3.05) is 32.9 Å². The summed E-state index contributed by atoms with van der Waals surface area (Å²) in [6.07, 6.45) is 1.16. The zero-order valence-corrected chi connectivity index (χ0v) is 10.3. The molecule has 98 valence electrons. The van der Waals surface area contributed by atoms with Gasteiger partial charge in [-0.1, -0.05) is 12.1 Å². The van der Waals surface area contributed by atoms with Crippen molar-refractivity contribution < 1.29 is 13.9 Å². The number of rotatable bonds is 2. The van der Waals surface area contributed by atoms with E-state index in [0.717, 1.165) is 44.9 Å². The van der Waals surface area contributed by atoms with Crippen LogP contribution in [0.2, 0.25) is 0 Å².